The van der Waals surface area contributed by atoms with E-state index in [0.29, 0.717) is 11.7 Å². The number of hydrogen-bond donors (Lipinski definition) is 2. The molecule has 96 valence electrons. The van der Waals surface area contributed by atoms with Gasteiger partial charge in [-0.3, -0.25) is 0 Å². The van der Waals surface area contributed by atoms with E-state index in [-0.39, 0.29) is 0 Å². The predicted molar refractivity (Wildman–Crippen MR) is 70.7 cm³/mol. The van der Waals surface area contributed by atoms with Crippen LogP contribution in [0.1, 0.15) is 27.2 Å². The molecule has 5 heteroatoms. The lowest BCUT2D eigenvalue weighted by atomic mass is 10.1. The molecule has 1 unspecified atom stereocenters. The molecule has 0 aliphatic rings. The van der Waals surface area contributed by atoms with Crippen molar-refractivity contribution in [1.29, 1.82) is 0 Å². The minimum atomic E-state index is 0.609. The molecule has 5 nitrogen and oxygen atoms in total. The molecule has 0 saturated carbocycles. The predicted octanol–water partition coefficient (Wildman–Crippen LogP) is 2.38. The first-order valence-corrected chi connectivity index (χ1v) is 6.09. The third-order valence-electron chi connectivity index (χ3n) is 2.67. The maximum absolute atomic E-state index is 5.34. The Hall–Kier alpha value is -1.52. The molecule has 0 fully saturated rings. The monoisotopic (exact) mass is 238 g/mol. The van der Waals surface area contributed by atoms with Crippen LogP contribution in [0.3, 0.4) is 0 Å². The number of nitrogens with one attached hydrogen (secondary N) is 2. The Morgan fingerprint density at radius 2 is 1.88 bits per heavy atom. The molecule has 1 heterocycles. The SMILES string of the molecule is CCNc1ncnc(NCC(C)CC)c1OC. The summed E-state index contributed by atoms with van der Waals surface area (Å²) in [7, 11) is 1.63. The van der Waals surface area contributed by atoms with Gasteiger partial charge in [-0.25, -0.2) is 9.97 Å². The van der Waals surface area contributed by atoms with Gasteiger partial charge in [0.2, 0.25) is 5.75 Å². The van der Waals surface area contributed by atoms with Crippen molar-refractivity contribution in [3.63, 3.8) is 0 Å². The molecule has 1 aromatic heterocycles. The Labute approximate surface area is 103 Å². The lowest BCUT2D eigenvalue weighted by Crippen LogP contribution is -2.13. The number of aromatic nitrogens is 2. The molecule has 17 heavy (non-hydrogen) atoms. The summed E-state index contributed by atoms with van der Waals surface area (Å²) >= 11 is 0. The second kappa shape index (κ2) is 6.93. The topological polar surface area (TPSA) is 59.1 Å². The fourth-order valence-corrected chi connectivity index (χ4v) is 1.40. The molecule has 0 aromatic carbocycles. The Balaban J connectivity index is 2.79. The van der Waals surface area contributed by atoms with E-state index >= 15 is 0 Å². The molecule has 1 rings (SSSR count). The highest BCUT2D eigenvalue weighted by Gasteiger charge is 2.11. The van der Waals surface area contributed by atoms with Crippen LogP contribution < -0.4 is 15.4 Å². The maximum atomic E-state index is 5.34. The number of anilines is 2. The molecule has 0 aliphatic heterocycles. The van der Waals surface area contributed by atoms with Gasteiger partial charge in [-0.2, -0.15) is 0 Å². The van der Waals surface area contributed by atoms with Crippen LogP contribution in [0.5, 0.6) is 5.75 Å². The van der Waals surface area contributed by atoms with Gasteiger partial charge in [0.05, 0.1) is 7.11 Å². The molecule has 2 N–H and O–H groups in total. The Morgan fingerprint density at radius 3 is 2.41 bits per heavy atom. The molecule has 0 aliphatic carbocycles. The molecule has 0 amide bonds. The quantitative estimate of drug-likeness (QED) is 0.763. The van der Waals surface area contributed by atoms with Crippen molar-refractivity contribution in [2.75, 3.05) is 30.8 Å². The van der Waals surface area contributed by atoms with Crippen molar-refractivity contribution >= 4 is 11.6 Å². The van der Waals surface area contributed by atoms with E-state index in [1.807, 2.05) is 6.92 Å². The smallest absolute Gasteiger partial charge is 0.204 e. The van der Waals surface area contributed by atoms with Gasteiger partial charge in [0, 0.05) is 13.1 Å². The van der Waals surface area contributed by atoms with Crippen molar-refractivity contribution in [2.24, 2.45) is 5.92 Å². The molecule has 1 atom stereocenters. The summed E-state index contributed by atoms with van der Waals surface area (Å²) in [5, 5.41) is 6.45. The van der Waals surface area contributed by atoms with Gasteiger partial charge in [0.15, 0.2) is 11.6 Å². The average Bonchev–Trinajstić information content (AvgIpc) is 2.36. The minimum absolute atomic E-state index is 0.609. The maximum Gasteiger partial charge on any atom is 0.204 e. The summed E-state index contributed by atoms with van der Waals surface area (Å²) in [6.45, 7) is 8.08. The summed E-state index contributed by atoms with van der Waals surface area (Å²) in [5.74, 6) is 2.77. The summed E-state index contributed by atoms with van der Waals surface area (Å²) < 4.78 is 5.34. The highest BCUT2D eigenvalue weighted by molar-refractivity contribution is 5.63. The molecular formula is C12H22N4O. The van der Waals surface area contributed by atoms with Crippen LogP contribution in [0.25, 0.3) is 0 Å². The van der Waals surface area contributed by atoms with E-state index in [1.54, 1.807) is 13.4 Å². The highest BCUT2D eigenvalue weighted by Crippen LogP contribution is 2.28. The number of rotatable bonds is 7. The lowest BCUT2D eigenvalue weighted by Gasteiger charge is -2.15. The van der Waals surface area contributed by atoms with E-state index in [0.717, 1.165) is 31.1 Å². The molecule has 0 spiro atoms. The van der Waals surface area contributed by atoms with Gasteiger partial charge in [0.1, 0.15) is 6.33 Å². The van der Waals surface area contributed by atoms with Gasteiger partial charge in [-0.05, 0) is 12.8 Å². The first kappa shape index (κ1) is 13.5. The molecule has 0 saturated heterocycles. The van der Waals surface area contributed by atoms with Gasteiger partial charge >= 0.3 is 0 Å². The Bertz CT molecular complexity index is 343. The molecule has 0 bridgehead atoms. The fraction of sp³-hybridized carbons (Fsp3) is 0.667. The van der Waals surface area contributed by atoms with Crippen LogP contribution in [0.2, 0.25) is 0 Å². The zero-order valence-electron chi connectivity index (χ0n) is 11.1. The van der Waals surface area contributed by atoms with Gasteiger partial charge in [0.25, 0.3) is 0 Å². The van der Waals surface area contributed by atoms with E-state index in [1.165, 1.54) is 0 Å². The van der Waals surface area contributed by atoms with Gasteiger partial charge < -0.3 is 15.4 Å². The minimum Gasteiger partial charge on any atom is -0.490 e. The average molecular weight is 238 g/mol. The lowest BCUT2D eigenvalue weighted by molar-refractivity contribution is 0.414. The Kier molecular flexibility index (Phi) is 5.52. The number of nitrogens with zero attached hydrogens (tertiary/aromatic N) is 2. The van der Waals surface area contributed by atoms with Crippen LogP contribution in [-0.2, 0) is 0 Å². The summed E-state index contributed by atoms with van der Waals surface area (Å²) in [6.07, 6.45) is 2.68. The summed E-state index contributed by atoms with van der Waals surface area (Å²) in [4.78, 5) is 8.37. The zero-order chi connectivity index (χ0) is 12.7. The van der Waals surface area contributed by atoms with E-state index in [2.05, 4.69) is 34.4 Å². The number of ether oxygens (including phenoxy) is 1. The van der Waals surface area contributed by atoms with E-state index in [9.17, 15) is 0 Å². The van der Waals surface area contributed by atoms with Crippen LogP contribution in [-0.4, -0.2) is 30.2 Å². The standard InChI is InChI=1S/C12H22N4O/c1-5-9(3)7-14-12-10(17-4)11(13-6-2)15-8-16-12/h8-9H,5-7H2,1-4H3,(H2,13,14,15,16). The Morgan fingerprint density at radius 1 is 1.24 bits per heavy atom. The second-order valence-electron chi connectivity index (χ2n) is 4.03. The van der Waals surface area contributed by atoms with Gasteiger partial charge in [-0.15, -0.1) is 0 Å². The van der Waals surface area contributed by atoms with Crippen molar-refractivity contribution in [3.05, 3.63) is 6.33 Å². The summed E-state index contributed by atoms with van der Waals surface area (Å²) in [5.41, 5.74) is 0. The van der Waals surface area contributed by atoms with E-state index < -0.39 is 0 Å². The van der Waals surface area contributed by atoms with Crippen LogP contribution in [0.15, 0.2) is 6.33 Å². The fourth-order valence-electron chi connectivity index (χ4n) is 1.40. The highest BCUT2D eigenvalue weighted by atomic mass is 16.5. The number of hydrogen-bond acceptors (Lipinski definition) is 5. The molecule has 0 radical (unpaired) electrons. The zero-order valence-corrected chi connectivity index (χ0v) is 11.1. The number of methoxy groups -OCH3 is 1. The van der Waals surface area contributed by atoms with Crippen LogP contribution in [0.4, 0.5) is 11.6 Å². The van der Waals surface area contributed by atoms with Crippen molar-refractivity contribution < 1.29 is 4.74 Å². The van der Waals surface area contributed by atoms with Gasteiger partial charge in [-0.1, -0.05) is 20.3 Å². The normalized spacial score (nSPS) is 12.0. The molecule has 1 aromatic rings. The largest absolute Gasteiger partial charge is 0.490 e. The van der Waals surface area contributed by atoms with Crippen molar-refractivity contribution in [1.82, 2.24) is 9.97 Å². The first-order valence-electron chi connectivity index (χ1n) is 6.09. The van der Waals surface area contributed by atoms with Crippen molar-refractivity contribution in [2.45, 2.75) is 27.2 Å². The third-order valence-corrected chi connectivity index (χ3v) is 2.67. The van der Waals surface area contributed by atoms with E-state index in [4.69, 9.17) is 4.74 Å². The molecular weight excluding hydrogens is 216 g/mol. The van der Waals surface area contributed by atoms with Crippen molar-refractivity contribution in [3.8, 4) is 5.75 Å². The third kappa shape index (κ3) is 3.76. The van der Waals surface area contributed by atoms with Crippen LogP contribution in [0, 0.1) is 5.92 Å². The summed E-state index contributed by atoms with van der Waals surface area (Å²) in [6, 6.07) is 0. The second-order valence-corrected chi connectivity index (χ2v) is 4.03. The van der Waals surface area contributed by atoms with Crippen LogP contribution >= 0.6 is 0 Å². The first-order chi connectivity index (χ1) is 8.22.